The van der Waals surface area contributed by atoms with Crippen LogP contribution in [0, 0.1) is 0 Å². The number of piperazine rings is 1. The molecular formula is C14H20N2O2. The van der Waals surface area contributed by atoms with Crippen LogP contribution in [0.3, 0.4) is 0 Å². The summed E-state index contributed by atoms with van der Waals surface area (Å²) in [5, 5.41) is 0. The third kappa shape index (κ3) is 2.22. The SMILES string of the molecule is CC1CN2CCCC2CN1CC(=O)c1ccco1. The number of furan rings is 1. The van der Waals surface area contributed by atoms with Crippen LogP contribution in [0.25, 0.3) is 0 Å². The van der Waals surface area contributed by atoms with Gasteiger partial charge in [0, 0.05) is 25.2 Å². The maximum absolute atomic E-state index is 12.1. The van der Waals surface area contributed by atoms with Gasteiger partial charge in [0.15, 0.2) is 5.76 Å². The maximum atomic E-state index is 12.1. The number of fused-ring (bicyclic) bond motifs is 1. The quantitative estimate of drug-likeness (QED) is 0.762. The van der Waals surface area contributed by atoms with Crippen molar-refractivity contribution in [2.24, 2.45) is 0 Å². The van der Waals surface area contributed by atoms with Gasteiger partial charge in [-0.15, -0.1) is 0 Å². The first-order chi connectivity index (χ1) is 8.74. The van der Waals surface area contributed by atoms with Crippen LogP contribution in [0.2, 0.25) is 0 Å². The average molecular weight is 248 g/mol. The largest absolute Gasteiger partial charge is 0.461 e. The molecule has 1 aromatic rings. The highest BCUT2D eigenvalue weighted by Crippen LogP contribution is 2.24. The predicted molar refractivity (Wildman–Crippen MR) is 68.7 cm³/mol. The van der Waals surface area contributed by atoms with Crippen molar-refractivity contribution in [2.75, 3.05) is 26.2 Å². The van der Waals surface area contributed by atoms with E-state index in [-0.39, 0.29) is 5.78 Å². The van der Waals surface area contributed by atoms with E-state index in [0.29, 0.717) is 24.4 Å². The number of nitrogens with zero attached hydrogens (tertiary/aromatic N) is 2. The average Bonchev–Trinajstić information content (AvgIpc) is 2.98. The van der Waals surface area contributed by atoms with Crippen LogP contribution in [-0.2, 0) is 0 Å². The molecule has 4 heteroatoms. The molecule has 98 valence electrons. The van der Waals surface area contributed by atoms with Gasteiger partial charge in [0.25, 0.3) is 0 Å². The molecule has 0 bridgehead atoms. The molecule has 2 fully saturated rings. The second-order valence-corrected chi connectivity index (χ2v) is 5.47. The number of hydrogen-bond donors (Lipinski definition) is 0. The van der Waals surface area contributed by atoms with Crippen molar-refractivity contribution >= 4 is 5.78 Å². The summed E-state index contributed by atoms with van der Waals surface area (Å²) in [5.74, 6) is 0.578. The summed E-state index contributed by atoms with van der Waals surface area (Å²) in [6.45, 7) is 6.04. The van der Waals surface area contributed by atoms with Crippen molar-refractivity contribution in [3.05, 3.63) is 24.2 Å². The van der Waals surface area contributed by atoms with E-state index in [1.54, 1.807) is 18.4 Å². The fourth-order valence-corrected chi connectivity index (χ4v) is 3.17. The Morgan fingerprint density at radius 2 is 2.39 bits per heavy atom. The van der Waals surface area contributed by atoms with Crippen LogP contribution in [0.1, 0.15) is 30.3 Å². The molecule has 3 heterocycles. The van der Waals surface area contributed by atoms with Crippen molar-refractivity contribution in [1.29, 1.82) is 0 Å². The number of hydrogen-bond acceptors (Lipinski definition) is 4. The van der Waals surface area contributed by atoms with E-state index in [1.807, 2.05) is 0 Å². The van der Waals surface area contributed by atoms with Gasteiger partial charge in [0.1, 0.15) is 0 Å². The minimum Gasteiger partial charge on any atom is -0.461 e. The van der Waals surface area contributed by atoms with Crippen LogP contribution < -0.4 is 0 Å². The highest BCUT2D eigenvalue weighted by atomic mass is 16.3. The maximum Gasteiger partial charge on any atom is 0.211 e. The van der Waals surface area contributed by atoms with Crippen molar-refractivity contribution in [2.45, 2.75) is 31.8 Å². The molecule has 2 unspecified atom stereocenters. The monoisotopic (exact) mass is 248 g/mol. The van der Waals surface area contributed by atoms with Crippen molar-refractivity contribution in [3.8, 4) is 0 Å². The van der Waals surface area contributed by atoms with Gasteiger partial charge in [-0.1, -0.05) is 0 Å². The van der Waals surface area contributed by atoms with Crippen molar-refractivity contribution in [3.63, 3.8) is 0 Å². The molecule has 2 aliphatic rings. The van der Waals surface area contributed by atoms with Gasteiger partial charge < -0.3 is 4.42 Å². The van der Waals surface area contributed by atoms with Gasteiger partial charge in [-0.2, -0.15) is 0 Å². The normalized spacial score (nSPS) is 29.4. The predicted octanol–water partition coefficient (Wildman–Crippen LogP) is 1.63. The summed E-state index contributed by atoms with van der Waals surface area (Å²) in [4.78, 5) is 16.9. The van der Waals surface area contributed by atoms with E-state index in [0.717, 1.165) is 13.1 Å². The Hall–Kier alpha value is -1.13. The molecule has 0 N–H and O–H groups in total. The molecule has 1 aromatic heterocycles. The van der Waals surface area contributed by atoms with E-state index in [2.05, 4.69) is 16.7 Å². The smallest absolute Gasteiger partial charge is 0.211 e. The van der Waals surface area contributed by atoms with Gasteiger partial charge in [0.05, 0.1) is 12.8 Å². The molecule has 0 radical (unpaired) electrons. The Morgan fingerprint density at radius 1 is 1.50 bits per heavy atom. The van der Waals surface area contributed by atoms with Gasteiger partial charge in [-0.05, 0) is 38.4 Å². The Labute approximate surface area is 108 Å². The summed E-state index contributed by atoms with van der Waals surface area (Å²) >= 11 is 0. The topological polar surface area (TPSA) is 36.7 Å². The number of ketones is 1. The first kappa shape index (κ1) is 11.9. The zero-order chi connectivity index (χ0) is 12.5. The highest BCUT2D eigenvalue weighted by molar-refractivity contribution is 5.95. The lowest BCUT2D eigenvalue weighted by atomic mass is 10.1. The Balaban J connectivity index is 1.64. The second-order valence-electron chi connectivity index (χ2n) is 5.47. The zero-order valence-electron chi connectivity index (χ0n) is 10.8. The molecule has 2 saturated heterocycles. The Kier molecular flexibility index (Phi) is 3.22. The summed E-state index contributed by atoms with van der Waals surface area (Å²) < 4.78 is 5.17. The number of carbonyl (C=O) groups excluding carboxylic acids is 1. The van der Waals surface area contributed by atoms with E-state index in [4.69, 9.17) is 4.42 Å². The first-order valence-electron chi connectivity index (χ1n) is 6.79. The summed E-state index contributed by atoms with van der Waals surface area (Å²) in [7, 11) is 0. The highest BCUT2D eigenvalue weighted by Gasteiger charge is 2.35. The lowest BCUT2D eigenvalue weighted by Gasteiger charge is -2.41. The minimum atomic E-state index is 0.0956. The standard InChI is InChI=1S/C14H20N2O2/c1-11-8-15-6-2-4-12(15)9-16(11)10-13(17)14-5-3-7-18-14/h3,5,7,11-12H,2,4,6,8-10H2,1H3. The van der Waals surface area contributed by atoms with Gasteiger partial charge in [-0.3, -0.25) is 14.6 Å². The van der Waals surface area contributed by atoms with E-state index in [9.17, 15) is 4.79 Å². The zero-order valence-corrected chi connectivity index (χ0v) is 10.8. The van der Waals surface area contributed by atoms with Gasteiger partial charge >= 0.3 is 0 Å². The van der Waals surface area contributed by atoms with Crippen LogP contribution in [0.4, 0.5) is 0 Å². The molecule has 0 saturated carbocycles. The molecule has 18 heavy (non-hydrogen) atoms. The summed E-state index contributed by atoms with van der Waals surface area (Å²) in [5.41, 5.74) is 0. The first-order valence-corrected chi connectivity index (χ1v) is 6.79. The number of rotatable bonds is 3. The van der Waals surface area contributed by atoms with E-state index in [1.165, 1.54) is 19.4 Å². The Morgan fingerprint density at radius 3 is 3.17 bits per heavy atom. The molecule has 3 rings (SSSR count). The van der Waals surface area contributed by atoms with Gasteiger partial charge in [0.2, 0.25) is 5.78 Å². The third-order valence-corrected chi connectivity index (χ3v) is 4.21. The minimum absolute atomic E-state index is 0.0956. The van der Waals surface area contributed by atoms with Crippen LogP contribution in [-0.4, -0.2) is 53.8 Å². The third-order valence-electron chi connectivity index (χ3n) is 4.21. The fourth-order valence-electron chi connectivity index (χ4n) is 3.17. The van der Waals surface area contributed by atoms with E-state index < -0.39 is 0 Å². The summed E-state index contributed by atoms with van der Waals surface area (Å²) in [6, 6.07) is 4.63. The molecule has 0 spiro atoms. The van der Waals surface area contributed by atoms with E-state index >= 15 is 0 Å². The van der Waals surface area contributed by atoms with Crippen molar-refractivity contribution in [1.82, 2.24) is 9.80 Å². The van der Waals surface area contributed by atoms with Crippen LogP contribution in [0.5, 0.6) is 0 Å². The number of carbonyl (C=O) groups is 1. The molecule has 4 nitrogen and oxygen atoms in total. The molecular weight excluding hydrogens is 228 g/mol. The van der Waals surface area contributed by atoms with Gasteiger partial charge in [-0.25, -0.2) is 0 Å². The molecule has 0 aliphatic carbocycles. The molecule has 0 amide bonds. The number of Topliss-reactive ketones (excluding diaryl/α,β-unsaturated/α-hetero) is 1. The molecule has 2 atom stereocenters. The lowest BCUT2D eigenvalue weighted by molar-refractivity contribution is 0.0522. The summed E-state index contributed by atoms with van der Waals surface area (Å²) in [6.07, 6.45) is 4.14. The molecule has 0 aromatic carbocycles. The lowest BCUT2D eigenvalue weighted by Crippen LogP contribution is -2.55. The second kappa shape index (κ2) is 4.86. The molecule has 2 aliphatic heterocycles. The van der Waals surface area contributed by atoms with Crippen LogP contribution in [0.15, 0.2) is 22.8 Å². The van der Waals surface area contributed by atoms with Crippen LogP contribution >= 0.6 is 0 Å². The van der Waals surface area contributed by atoms with Crippen molar-refractivity contribution < 1.29 is 9.21 Å². The Bertz CT molecular complexity index is 415. The fraction of sp³-hybridized carbons (Fsp3) is 0.643.